The SMILES string of the molecule is N#Cc1ccc(-c2ccc3c(c2)c2ccccc2n3-c2cccc3c2C(=O)N(c2ccccc2)C3=O)cc1. The highest BCUT2D eigenvalue weighted by Gasteiger charge is 2.39. The molecule has 1 aliphatic heterocycles. The summed E-state index contributed by atoms with van der Waals surface area (Å²) in [6.45, 7) is 0. The molecule has 0 aliphatic carbocycles. The third-order valence-corrected chi connectivity index (χ3v) is 7.17. The number of imide groups is 1. The molecule has 178 valence electrons. The van der Waals surface area contributed by atoms with Crippen molar-refractivity contribution in [3.63, 3.8) is 0 Å². The number of fused-ring (bicyclic) bond motifs is 4. The number of benzene rings is 5. The van der Waals surface area contributed by atoms with Crippen molar-refractivity contribution in [2.45, 2.75) is 0 Å². The van der Waals surface area contributed by atoms with Gasteiger partial charge >= 0.3 is 0 Å². The largest absolute Gasteiger partial charge is 0.308 e. The first-order valence-electron chi connectivity index (χ1n) is 12.3. The topological polar surface area (TPSA) is 66.1 Å². The van der Waals surface area contributed by atoms with Crippen LogP contribution < -0.4 is 4.90 Å². The summed E-state index contributed by atoms with van der Waals surface area (Å²) >= 11 is 0. The predicted octanol–water partition coefficient (Wildman–Crippen LogP) is 7.12. The Morgan fingerprint density at radius 1 is 0.605 bits per heavy atom. The average Bonchev–Trinajstić information content (AvgIpc) is 3.44. The Bertz CT molecular complexity index is 1960. The number of amides is 2. The van der Waals surface area contributed by atoms with Crippen molar-refractivity contribution in [2.75, 3.05) is 4.90 Å². The quantitative estimate of drug-likeness (QED) is 0.249. The fourth-order valence-electron chi connectivity index (χ4n) is 5.41. The number of hydrogen-bond acceptors (Lipinski definition) is 3. The maximum Gasteiger partial charge on any atom is 0.268 e. The first kappa shape index (κ1) is 21.8. The summed E-state index contributed by atoms with van der Waals surface area (Å²) in [5.74, 6) is -0.645. The summed E-state index contributed by atoms with van der Waals surface area (Å²) in [6.07, 6.45) is 0. The molecule has 7 rings (SSSR count). The lowest BCUT2D eigenvalue weighted by Gasteiger charge is -2.14. The third-order valence-electron chi connectivity index (χ3n) is 7.17. The van der Waals surface area contributed by atoms with Gasteiger partial charge < -0.3 is 4.57 Å². The molecule has 2 heterocycles. The minimum absolute atomic E-state index is 0.318. The summed E-state index contributed by atoms with van der Waals surface area (Å²) in [5.41, 5.74) is 6.59. The highest BCUT2D eigenvalue weighted by Crippen LogP contribution is 2.38. The van der Waals surface area contributed by atoms with Gasteiger partial charge in [0.25, 0.3) is 11.8 Å². The molecule has 6 aromatic rings. The van der Waals surface area contributed by atoms with Crippen molar-refractivity contribution in [3.05, 3.63) is 132 Å². The molecule has 0 unspecified atom stereocenters. The van der Waals surface area contributed by atoms with E-state index >= 15 is 0 Å². The van der Waals surface area contributed by atoms with Gasteiger partial charge in [-0.2, -0.15) is 5.26 Å². The van der Waals surface area contributed by atoms with Gasteiger partial charge in [-0.15, -0.1) is 0 Å². The third kappa shape index (κ3) is 3.11. The minimum atomic E-state index is -0.327. The van der Waals surface area contributed by atoms with Crippen molar-refractivity contribution in [1.82, 2.24) is 4.57 Å². The van der Waals surface area contributed by atoms with Crippen LogP contribution >= 0.6 is 0 Å². The Balaban J connectivity index is 1.45. The van der Waals surface area contributed by atoms with Gasteiger partial charge in [0.1, 0.15) is 0 Å². The smallest absolute Gasteiger partial charge is 0.268 e. The monoisotopic (exact) mass is 489 g/mol. The van der Waals surface area contributed by atoms with Crippen molar-refractivity contribution in [3.8, 4) is 22.9 Å². The van der Waals surface area contributed by atoms with Crippen LogP contribution in [0.4, 0.5) is 5.69 Å². The lowest BCUT2D eigenvalue weighted by atomic mass is 10.0. The first-order valence-corrected chi connectivity index (χ1v) is 12.3. The number of carbonyl (C=O) groups excluding carboxylic acids is 2. The first-order chi connectivity index (χ1) is 18.7. The molecule has 38 heavy (non-hydrogen) atoms. The summed E-state index contributed by atoms with van der Waals surface area (Å²) in [6, 6.07) is 38.5. The molecular weight excluding hydrogens is 470 g/mol. The standard InChI is InChI=1S/C33H19N3O2/c34-20-21-13-15-22(16-14-21)23-17-18-29-27(19-23)25-9-4-5-11-28(25)36(29)30-12-6-10-26-31(30)33(38)35(32(26)37)24-7-2-1-3-8-24/h1-19H. The van der Waals surface area contributed by atoms with Gasteiger partial charge in [0.2, 0.25) is 0 Å². The average molecular weight is 490 g/mol. The Kier molecular flexibility index (Phi) is 4.75. The van der Waals surface area contributed by atoms with Crippen LogP contribution in [0.3, 0.4) is 0 Å². The van der Waals surface area contributed by atoms with Crippen LogP contribution in [0.25, 0.3) is 38.6 Å². The zero-order chi connectivity index (χ0) is 25.8. The summed E-state index contributed by atoms with van der Waals surface area (Å²) in [7, 11) is 0. The lowest BCUT2D eigenvalue weighted by molar-refractivity contribution is 0.0926. The Morgan fingerprint density at radius 2 is 1.32 bits per heavy atom. The van der Waals surface area contributed by atoms with E-state index in [1.54, 1.807) is 18.2 Å². The van der Waals surface area contributed by atoms with Crippen LogP contribution in [0.15, 0.2) is 115 Å². The van der Waals surface area contributed by atoms with E-state index in [2.05, 4.69) is 28.8 Å². The van der Waals surface area contributed by atoms with E-state index in [1.807, 2.05) is 78.9 Å². The second kappa shape index (κ2) is 8.29. The molecule has 0 saturated carbocycles. The van der Waals surface area contributed by atoms with Crippen molar-refractivity contribution in [2.24, 2.45) is 0 Å². The molecule has 0 N–H and O–H groups in total. The van der Waals surface area contributed by atoms with E-state index in [0.29, 0.717) is 28.1 Å². The molecule has 5 nitrogen and oxygen atoms in total. The molecule has 0 radical (unpaired) electrons. The minimum Gasteiger partial charge on any atom is -0.308 e. The molecule has 2 amide bonds. The summed E-state index contributed by atoms with van der Waals surface area (Å²) in [5, 5.41) is 11.2. The van der Waals surface area contributed by atoms with Crippen LogP contribution in [0, 0.1) is 11.3 Å². The van der Waals surface area contributed by atoms with Crippen LogP contribution in [0.2, 0.25) is 0 Å². The zero-order valence-electron chi connectivity index (χ0n) is 20.1. The summed E-state index contributed by atoms with van der Waals surface area (Å²) < 4.78 is 2.08. The second-order valence-electron chi connectivity index (χ2n) is 9.25. The van der Waals surface area contributed by atoms with E-state index in [1.165, 1.54) is 4.90 Å². The number of hydrogen-bond donors (Lipinski definition) is 0. The number of para-hydroxylation sites is 2. The molecule has 0 atom stereocenters. The van der Waals surface area contributed by atoms with Gasteiger partial charge in [-0.1, -0.05) is 60.7 Å². The number of carbonyl (C=O) groups is 2. The van der Waals surface area contributed by atoms with Crippen LogP contribution in [-0.2, 0) is 0 Å². The van der Waals surface area contributed by atoms with E-state index < -0.39 is 0 Å². The molecular formula is C33H19N3O2. The Morgan fingerprint density at radius 3 is 2.11 bits per heavy atom. The van der Waals surface area contributed by atoms with Gasteiger partial charge in [0, 0.05) is 10.8 Å². The molecule has 0 bridgehead atoms. The van der Waals surface area contributed by atoms with Crippen LogP contribution in [-0.4, -0.2) is 16.4 Å². The van der Waals surface area contributed by atoms with Crippen molar-refractivity contribution >= 4 is 39.3 Å². The molecule has 5 heteroatoms. The normalized spacial score (nSPS) is 12.8. The maximum atomic E-state index is 13.8. The van der Waals surface area contributed by atoms with E-state index in [9.17, 15) is 9.59 Å². The van der Waals surface area contributed by atoms with Crippen molar-refractivity contribution < 1.29 is 9.59 Å². The van der Waals surface area contributed by atoms with Gasteiger partial charge in [-0.05, 0) is 65.7 Å². The van der Waals surface area contributed by atoms with E-state index in [0.717, 1.165) is 32.9 Å². The van der Waals surface area contributed by atoms with Crippen molar-refractivity contribution in [1.29, 1.82) is 5.26 Å². The Hall–Kier alpha value is -5.47. The van der Waals surface area contributed by atoms with Gasteiger partial charge in [-0.25, -0.2) is 4.90 Å². The zero-order valence-corrected chi connectivity index (χ0v) is 20.1. The lowest BCUT2D eigenvalue weighted by Crippen LogP contribution is -2.29. The maximum absolute atomic E-state index is 13.8. The van der Waals surface area contributed by atoms with Gasteiger partial charge in [0.15, 0.2) is 0 Å². The van der Waals surface area contributed by atoms with Gasteiger partial charge in [0.05, 0.1) is 45.2 Å². The number of rotatable bonds is 3. The summed E-state index contributed by atoms with van der Waals surface area (Å²) in [4.78, 5) is 28.4. The molecule has 1 aromatic heterocycles. The highest BCUT2D eigenvalue weighted by molar-refractivity contribution is 6.35. The van der Waals surface area contributed by atoms with E-state index in [4.69, 9.17) is 5.26 Å². The highest BCUT2D eigenvalue weighted by atomic mass is 16.2. The number of aromatic nitrogens is 1. The molecule has 0 spiro atoms. The fourth-order valence-corrected chi connectivity index (χ4v) is 5.41. The van der Waals surface area contributed by atoms with E-state index in [-0.39, 0.29) is 11.8 Å². The number of anilines is 1. The number of nitrogens with zero attached hydrogens (tertiary/aromatic N) is 3. The molecule has 1 aliphatic rings. The van der Waals surface area contributed by atoms with Crippen LogP contribution in [0.5, 0.6) is 0 Å². The molecule has 0 saturated heterocycles. The molecule has 0 fully saturated rings. The molecule has 5 aromatic carbocycles. The van der Waals surface area contributed by atoms with Crippen LogP contribution in [0.1, 0.15) is 26.3 Å². The number of nitriles is 1. The predicted molar refractivity (Wildman–Crippen MR) is 149 cm³/mol. The Labute approximate surface area is 218 Å². The fraction of sp³-hybridized carbons (Fsp3) is 0. The van der Waals surface area contributed by atoms with Gasteiger partial charge in [-0.3, -0.25) is 9.59 Å². The second-order valence-corrected chi connectivity index (χ2v) is 9.25.